The Bertz CT molecular complexity index is 397. The van der Waals surface area contributed by atoms with Crippen LogP contribution in [0.2, 0.25) is 0 Å². The molecule has 0 aliphatic heterocycles. The van der Waals surface area contributed by atoms with Crippen LogP contribution in [-0.2, 0) is 5.60 Å². The standard InChI is InChI=1S/C14H19NO/c15-13-9-14(16,10-5-1-2-6-10)12-8-4-3-7-11(12)13/h3-4,7-8,10,13,16H,1-2,5-6,9,15H2. The Morgan fingerprint density at radius 2 is 1.88 bits per heavy atom. The zero-order chi connectivity index (χ0) is 11.2. The summed E-state index contributed by atoms with van der Waals surface area (Å²) < 4.78 is 0. The minimum atomic E-state index is -0.646. The lowest BCUT2D eigenvalue weighted by Crippen LogP contribution is -2.31. The van der Waals surface area contributed by atoms with Gasteiger partial charge in [0, 0.05) is 6.04 Å². The fraction of sp³-hybridized carbons (Fsp3) is 0.571. The third-order valence-electron chi connectivity index (χ3n) is 4.39. The average molecular weight is 217 g/mol. The van der Waals surface area contributed by atoms with E-state index in [1.807, 2.05) is 12.1 Å². The highest BCUT2D eigenvalue weighted by molar-refractivity contribution is 5.40. The summed E-state index contributed by atoms with van der Waals surface area (Å²) in [5, 5.41) is 10.9. The van der Waals surface area contributed by atoms with Crippen LogP contribution in [0.4, 0.5) is 0 Å². The van der Waals surface area contributed by atoms with Gasteiger partial charge in [-0.15, -0.1) is 0 Å². The number of rotatable bonds is 1. The van der Waals surface area contributed by atoms with Gasteiger partial charge in [-0.1, -0.05) is 37.1 Å². The summed E-state index contributed by atoms with van der Waals surface area (Å²) in [7, 11) is 0. The Morgan fingerprint density at radius 3 is 2.62 bits per heavy atom. The average Bonchev–Trinajstić information content (AvgIpc) is 2.89. The van der Waals surface area contributed by atoms with Gasteiger partial charge in [0.05, 0.1) is 5.60 Å². The summed E-state index contributed by atoms with van der Waals surface area (Å²) in [6.07, 6.45) is 5.51. The van der Waals surface area contributed by atoms with E-state index in [1.54, 1.807) is 0 Å². The highest BCUT2D eigenvalue weighted by Gasteiger charge is 2.46. The Labute approximate surface area is 96.5 Å². The molecule has 2 aliphatic rings. The van der Waals surface area contributed by atoms with Crippen LogP contribution in [0.1, 0.15) is 49.3 Å². The van der Waals surface area contributed by atoms with E-state index in [4.69, 9.17) is 5.73 Å². The van der Waals surface area contributed by atoms with Crippen molar-refractivity contribution in [2.24, 2.45) is 11.7 Å². The number of aliphatic hydroxyl groups is 1. The Kier molecular flexibility index (Phi) is 2.30. The van der Waals surface area contributed by atoms with Crippen LogP contribution < -0.4 is 5.73 Å². The number of hydrogen-bond acceptors (Lipinski definition) is 2. The first-order valence-corrected chi connectivity index (χ1v) is 6.29. The van der Waals surface area contributed by atoms with E-state index in [0.29, 0.717) is 12.3 Å². The predicted octanol–water partition coefficient (Wildman–Crippen LogP) is 2.47. The lowest BCUT2D eigenvalue weighted by Gasteiger charge is -2.31. The van der Waals surface area contributed by atoms with Gasteiger partial charge in [0.1, 0.15) is 0 Å². The molecule has 0 spiro atoms. The molecule has 0 heterocycles. The van der Waals surface area contributed by atoms with Crippen LogP contribution in [0, 0.1) is 5.92 Å². The molecule has 1 aromatic rings. The van der Waals surface area contributed by atoms with Crippen molar-refractivity contribution >= 4 is 0 Å². The fourth-order valence-electron chi connectivity index (χ4n) is 3.56. The summed E-state index contributed by atoms with van der Waals surface area (Å²) in [6.45, 7) is 0. The van der Waals surface area contributed by atoms with E-state index in [9.17, 15) is 5.11 Å². The van der Waals surface area contributed by atoms with E-state index in [1.165, 1.54) is 12.8 Å². The molecule has 2 heteroatoms. The lowest BCUT2D eigenvalue weighted by atomic mass is 9.81. The molecule has 2 atom stereocenters. The van der Waals surface area contributed by atoms with Gasteiger partial charge >= 0.3 is 0 Å². The van der Waals surface area contributed by atoms with Crippen molar-refractivity contribution in [1.29, 1.82) is 0 Å². The topological polar surface area (TPSA) is 46.2 Å². The van der Waals surface area contributed by atoms with Crippen molar-refractivity contribution in [3.05, 3.63) is 35.4 Å². The second kappa shape index (κ2) is 3.57. The molecular formula is C14H19NO. The maximum absolute atomic E-state index is 10.9. The van der Waals surface area contributed by atoms with Crippen LogP contribution in [0.25, 0.3) is 0 Å². The number of nitrogens with two attached hydrogens (primary N) is 1. The van der Waals surface area contributed by atoms with Crippen LogP contribution in [-0.4, -0.2) is 5.11 Å². The number of benzene rings is 1. The van der Waals surface area contributed by atoms with Gasteiger partial charge < -0.3 is 10.8 Å². The quantitative estimate of drug-likeness (QED) is 0.759. The van der Waals surface area contributed by atoms with E-state index in [-0.39, 0.29) is 6.04 Å². The smallest absolute Gasteiger partial charge is 0.0945 e. The van der Waals surface area contributed by atoms with Gasteiger partial charge in [-0.05, 0) is 36.3 Å². The summed E-state index contributed by atoms with van der Waals surface area (Å²) in [5.74, 6) is 0.419. The largest absolute Gasteiger partial charge is 0.385 e. The van der Waals surface area contributed by atoms with E-state index in [0.717, 1.165) is 24.0 Å². The SMILES string of the molecule is NC1CC(O)(C2CCCC2)c2ccccc21. The Hall–Kier alpha value is -0.860. The van der Waals surface area contributed by atoms with Crippen LogP contribution in [0.5, 0.6) is 0 Å². The van der Waals surface area contributed by atoms with Crippen molar-refractivity contribution in [1.82, 2.24) is 0 Å². The normalized spacial score (nSPS) is 34.2. The Balaban J connectivity index is 2.04. The highest BCUT2D eigenvalue weighted by Crippen LogP contribution is 2.51. The van der Waals surface area contributed by atoms with Crippen LogP contribution >= 0.6 is 0 Å². The first-order chi connectivity index (χ1) is 7.72. The molecule has 86 valence electrons. The molecular weight excluding hydrogens is 198 g/mol. The minimum Gasteiger partial charge on any atom is -0.385 e. The lowest BCUT2D eigenvalue weighted by molar-refractivity contribution is -0.0239. The monoisotopic (exact) mass is 217 g/mol. The number of fused-ring (bicyclic) bond motifs is 1. The molecule has 0 bridgehead atoms. The molecule has 1 fully saturated rings. The second-order valence-corrected chi connectivity index (χ2v) is 5.30. The molecule has 0 radical (unpaired) electrons. The molecule has 2 unspecified atom stereocenters. The van der Waals surface area contributed by atoms with Gasteiger partial charge in [-0.3, -0.25) is 0 Å². The zero-order valence-electron chi connectivity index (χ0n) is 9.52. The van der Waals surface area contributed by atoms with Gasteiger partial charge in [0.2, 0.25) is 0 Å². The maximum Gasteiger partial charge on any atom is 0.0945 e. The third kappa shape index (κ3) is 1.33. The molecule has 2 aliphatic carbocycles. The molecule has 3 rings (SSSR count). The predicted molar refractivity (Wildman–Crippen MR) is 63.8 cm³/mol. The first kappa shape index (κ1) is 10.3. The molecule has 2 nitrogen and oxygen atoms in total. The molecule has 1 aromatic carbocycles. The molecule has 1 saturated carbocycles. The van der Waals surface area contributed by atoms with Crippen molar-refractivity contribution < 1.29 is 5.11 Å². The van der Waals surface area contributed by atoms with Gasteiger partial charge in [0.25, 0.3) is 0 Å². The van der Waals surface area contributed by atoms with Gasteiger partial charge in [-0.2, -0.15) is 0 Å². The summed E-state index contributed by atoms with van der Waals surface area (Å²) in [4.78, 5) is 0. The molecule has 0 amide bonds. The van der Waals surface area contributed by atoms with E-state index in [2.05, 4.69) is 12.1 Å². The van der Waals surface area contributed by atoms with Crippen LogP contribution in [0.3, 0.4) is 0 Å². The van der Waals surface area contributed by atoms with Gasteiger partial charge in [-0.25, -0.2) is 0 Å². The highest BCUT2D eigenvalue weighted by atomic mass is 16.3. The fourth-order valence-corrected chi connectivity index (χ4v) is 3.56. The number of hydrogen-bond donors (Lipinski definition) is 2. The second-order valence-electron chi connectivity index (χ2n) is 5.30. The summed E-state index contributed by atoms with van der Waals surface area (Å²) in [5.41, 5.74) is 7.73. The third-order valence-corrected chi connectivity index (χ3v) is 4.39. The summed E-state index contributed by atoms with van der Waals surface area (Å²) >= 11 is 0. The molecule has 16 heavy (non-hydrogen) atoms. The molecule has 0 aromatic heterocycles. The Morgan fingerprint density at radius 1 is 1.19 bits per heavy atom. The molecule has 3 N–H and O–H groups in total. The van der Waals surface area contributed by atoms with Crippen LogP contribution in [0.15, 0.2) is 24.3 Å². The van der Waals surface area contributed by atoms with E-state index >= 15 is 0 Å². The van der Waals surface area contributed by atoms with Crippen molar-refractivity contribution in [2.75, 3.05) is 0 Å². The zero-order valence-corrected chi connectivity index (χ0v) is 9.52. The minimum absolute atomic E-state index is 0.0156. The first-order valence-electron chi connectivity index (χ1n) is 6.29. The van der Waals surface area contributed by atoms with Crippen molar-refractivity contribution in [2.45, 2.75) is 43.7 Å². The van der Waals surface area contributed by atoms with E-state index < -0.39 is 5.60 Å². The van der Waals surface area contributed by atoms with Crippen molar-refractivity contribution in [3.63, 3.8) is 0 Å². The van der Waals surface area contributed by atoms with Gasteiger partial charge in [0.15, 0.2) is 0 Å². The molecule has 0 saturated heterocycles. The maximum atomic E-state index is 10.9. The summed E-state index contributed by atoms with van der Waals surface area (Å²) in [6, 6.07) is 8.16. The van der Waals surface area contributed by atoms with Crippen molar-refractivity contribution in [3.8, 4) is 0 Å².